The number of rotatable bonds is 8. The molecule has 0 bridgehead atoms. The molecule has 0 unspecified atom stereocenters. The molecule has 1 N–H and O–H groups in total. The van der Waals surface area contributed by atoms with Gasteiger partial charge in [0, 0.05) is 19.3 Å². The first-order valence-electron chi connectivity index (χ1n) is 10.0. The SMILES string of the molecule is CCCOc1ccc(S(=O)(=O)Nc2ccc3c(c2)N(C(=O)COC)CCC3)cc1C. The maximum Gasteiger partial charge on any atom is 0.261 e. The third kappa shape index (κ3) is 4.94. The maximum atomic E-state index is 12.9. The van der Waals surface area contributed by atoms with Crippen molar-refractivity contribution in [3.8, 4) is 5.75 Å². The van der Waals surface area contributed by atoms with Crippen LogP contribution in [0.4, 0.5) is 11.4 Å². The molecule has 162 valence electrons. The van der Waals surface area contributed by atoms with Crippen molar-refractivity contribution in [2.75, 3.05) is 36.5 Å². The van der Waals surface area contributed by atoms with Crippen LogP contribution in [-0.2, 0) is 26.0 Å². The molecule has 1 heterocycles. The second-order valence-electron chi connectivity index (χ2n) is 7.31. The van der Waals surface area contributed by atoms with Crippen LogP contribution in [0.25, 0.3) is 0 Å². The zero-order valence-electron chi connectivity index (χ0n) is 17.6. The summed E-state index contributed by atoms with van der Waals surface area (Å²) in [7, 11) is -2.30. The van der Waals surface area contributed by atoms with E-state index in [2.05, 4.69) is 4.72 Å². The average Bonchev–Trinajstić information content (AvgIpc) is 2.72. The van der Waals surface area contributed by atoms with Crippen molar-refractivity contribution in [3.05, 3.63) is 47.5 Å². The van der Waals surface area contributed by atoms with Crippen LogP contribution >= 0.6 is 0 Å². The Bertz CT molecular complexity index is 1020. The second kappa shape index (κ2) is 9.49. The van der Waals surface area contributed by atoms with Gasteiger partial charge in [-0.05, 0) is 67.6 Å². The van der Waals surface area contributed by atoms with Crippen LogP contribution in [0, 0.1) is 6.92 Å². The third-order valence-electron chi connectivity index (χ3n) is 4.94. The second-order valence-corrected chi connectivity index (χ2v) is 8.99. The highest BCUT2D eigenvalue weighted by Gasteiger charge is 2.24. The highest BCUT2D eigenvalue weighted by atomic mass is 32.2. The van der Waals surface area contributed by atoms with E-state index in [0.717, 1.165) is 36.1 Å². The van der Waals surface area contributed by atoms with Gasteiger partial charge in [-0.2, -0.15) is 0 Å². The number of carbonyl (C=O) groups excluding carboxylic acids is 1. The normalized spacial score (nSPS) is 13.6. The summed E-state index contributed by atoms with van der Waals surface area (Å²) < 4.78 is 39.1. The first-order chi connectivity index (χ1) is 14.4. The van der Waals surface area contributed by atoms with Gasteiger partial charge in [-0.25, -0.2) is 8.42 Å². The first-order valence-corrected chi connectivity index (χ1v) is 11.5. The summed E-state index contributed by atoms with van der Waals surface area (Å²) in [5.74, 6) is 0.536. The number of sulfonamides is 1. The van der Waals surface area contributed by atoms with Gasteiger partial charge in [0.2, 0.25) is 0 Å². The number of nitrogens with one attached hydrogen (secondary N) is 1. The molecule has 7 nitrogen and oxygen atoms in total. The largest absolute Gasteiger partial charge is 0.493 e. The lowest BCUT2D eigenvalue weighted by atomic mass is 10.0. The third-order valence-corrected chi connectivity index (χ3v) is 6.32. The summed E-state index contributed by atoms with van der Waals surface area (Å²) in [4.78, 5) is 14.2. The van der Waals surface area contributed by atoms with Gasteiger partial charge < -0.3 is 14.4 Å². The lowest BCUT2D eigenvalue weighted by Crippen LogP contribution is -2.37. The Morgan fingerprint density at radius 1 is 1.20 bits per heavy atom. The summed E-state index contributed by atoms with van der Waals surface area (Å²) in [6.07, 6.45) is 2.58. The molecule has 0 atom stereocenters. The van der Waals surface area contributed by atoms with E-state index in [1.54, 1.807) is 29.2 Å². The zero-order chi connectivity index (χ0) is 21.7. The first kappa shape index (κ1) is 22.1. The van der Waals surface area contributed by atoms with Gasteiger partial charge in [-0.15, -0.1) is 0 Å². The number of anilines is 2. The number of benzene rings is 2. The van der Waals surface area contributed by atoms with Crippen LogP contribution in [0.2, 0.25) is 0 Å². The Kier molecular flexibility index (Phi) is 6.99. The fourth-order valence-corrected chi connectivity index (χ4v) is 4.61. The van der Waals surface area contributed by atoms with Crippen molar-refractivity contribution in [2.45, 2.75) is 38.0 Å². The van der Waals surface area contributed by atoms with Gasteiger partial charge >= 0.3 is 0 Å². The molecule has 0 saturated carbocycles. The van der Waals surface area contributed by atoms with Gasteiger partial charge in [0.1, 0.15) is 12.4 Å². The van der Waals surface area contributed by atoms with Crippen LogP contribution in [-0.4, -0.2) is 41.2 Å². The quantitative estimate of drug-likeness (QED) is 0.690. The van der Waals surface area contributed by atoms with Crippen molar-refractivity contribution < 1.29 is 22.7 Å². The van der Waals surface area contributed by atoms with Gasteiger partial charge in [-0.1, -0.05) is 13.0 Å². The summed E-state index contributed by atoms with van der Waals surface area (Å²) in [6.45, 7) is 4.99. The highest BCUT2D eigenvalue weighted by molar-refractivity contribution is 7.92. The Morgan fingerprint density at radius 3 is 2.70 bits per heavy atom. The van der Waals surface area contributed by atoms with Crippen molar-refractivity contribution >= 4 is 27.3 Å². The summed E-state index contributed by atoms with van der Waals surface area (Å²) >= 11 is 0. The number of amides is 1. The number of hydrogen-bond donors (Lipinski definition) is 1. The molecule has 8 heteroatoms. The number of fused-ring (bicyclic) bond motifs is 1. The molecule has 3 rings (SSSR count). The fourth-order valence-electron chi connectivity index (χ4n) is 3.48. The molecule has 2 aromatic carbocycles. The summed E-state index contributed by atoms with van der Waals surface area (Å²) in [5, 5.41) is 0. The molecule has 1 aliphatic heterocycles. The van der Waals surface area contributed by atoms with E-state index in [1.165, 1.54) is 13.2 Å². The van der Waals surface area contributed by atoms with E-state index in [9.17, 15) is 13.2 Å². The molecule has 0 saturated heterocycles. The number of ether oxygens (including phenoxy) is 2. The monoisotopic (exact) mass is 432 g/mol. The van der Waals surface area contributed by atoms with E-state index >= 15 is 0 Å². The van der Waals surface area contributed by atoms with E-state index in [-0.39, 0.29) is 17.4 Å². The highest BCUT2D eigenvalue weighted by Crippen LogP contribution is 2.31. The minimum atomic E-state index is -3.78. The van der Waals surface area contributed by atoms with Crippen molar-refractivity contribution in [3.63, 3.8) is 0 Å². The predicted octanol–water partition coefficient (Wildman–Crippen LogP) is 3.51. The number of methoxy groups -OCH3 is 1. The fraction of sp³-hybridized carbons (Fsp3) is 0.409. The number of hydrogen-bond acceptors (Lipinski definition) is 5. The van der Waals surface area contributed by atoms with Crippen LogP contribution in [0.3, 0.4) is 0 Å². The van der Waals surface area contributed by atoms with E-state index in [4.69, 9.17) is 9.47 Å². The van der Waals surface area contributed by atoms with Crippen LogP contribution in [0.15, 0.2) is 41.3 Å². The van der Waals surface area contributed by atoms with Gasteiger partial charge in [-0.3, -0.25) is 9.52 Å². The Morgan fingerprint density at radius 2 is 2.00 bits per heavy atom. The number of carbonyl (C=O) groups is 1. The number of nitrogens with zero attached hydrogens (tertiary/aromatic N) is 1. The molecule has 0 fully saturated rings. The van der Waals surface area contributed by atoms with E-state index in [1.807, 2.05) is 19.9 Å². The predicted molar refractivity (Wildman–Crippen MR) is 117 cm³/mol. The summed E-state index contributed by atoms with van der Waals surface area (Å²) in [5.41, 5.74) is 2.91. The lowest BCUT2D eigenvalue weighted by molar-refractivity contribution is -0.122. The molecule has 0 radical (unpaired) electrons. The molecular formula is C22H28N2O5S. The zero-order valence-corrected chi connectivity index (χ0v) is 18.4. The standard InChI is InChI=1S/C22H28N2O5S/c1-4-12-29-21-10-9-19(13-16(21)2)30(26,27)23-18-8-7-17-6-5-11-24(20(17)14-18)22(25)15-28-3/h7-10,13-14,23H,4-6,11-12,15H2,1-3H3. The van der Waals surface area contributed by atoms with E-state index in [0.29, 0.717) is 24.6 Å². The van der Waals surface area contributed by atoms with Crippen molar-refractivity contribution in [2.24, 2.45) is 0 Å². The van der Waals surface area contributed by atoms with Crippen LogP contribution < -0.4 is 14.4 Å². The number of aryl methyl sites for hydroxylation is 2. The Hall–Kier alpha value is -2.58. The molecule has 1 amide bonds. The molecule has 30 heavy (non-hydrogen) atoms. The topological polar surface area (TPSA) is 84.9 Å². The van der Waals surface area contributed by atoms with Crippen molar-refractivity contribution in [1.29, 1.82) is 0 Å². The van der Waals surface area contributed by atoms with Gasteiger partial charge in [0.15, 0.2) is 0 Å². The molecule has 0 aliphatic carbocycles. The Balaban J connectivity index is 1.84. The van der Waals surface area contributed by atoms with Gasteiger partial charge in [0.05, 0.1) is 17.2 Å². The average molecular weight is 433 g/mol. The Labute approximate surface area is 178 Å². The van der Waals surface area contributed by atoms with Crippen molar-refractivity contribution in [1.82, 2.24) is 0 Å². The van der Waals surface area contributed by atoms with E-state index < -0.39 is 10.0 Å². The smallest absolute Gasteiger partial charge is 0.261 e. The molecule has 0 spiro atoms. The summed E-state index contributed by atoms with van der Waals surface area (Å²) in [6, 6.07) is 10.1. The van der Waals surface area contributed by atoms with Gasteiger partial charge in [0.25, 0.3) is 15.9 Å². The molecule has 2 aromatic rings. The van der Waals surface area contributed by atoms with Crippen LogP contribution in [0.5, 0.6) is 5.75 Å². The maximum absolute atomic E-state index is 12.9. The lowest BCUT2D eigenvalue weighted by Gasteiger charge is -2.30. The minimum absolute atomic E-state index is 0.0128. The minimum Gasteiger partial charge on any atom is -0.493 e. The molecule has 1 aliphatic rings. The van der Waals surface area contributed by atoms with Crippen LogP contribution in [0.1, 0.15) is 30.9 Å². The molecule has 0 aromatic heterocycles. The molecular weight excluding hydrogens is 404 g/mol.